The molecule has 25 heavy (non-hydrogen) atoms. The topological polar surface area (TPSA) is 107 Å². The summed E-state index contributed by atoms with van der Waals surface area (Å²) >= 11 is 0. The van der Waals surface area contributed by atoms with Crippen LogP contribution in [-0.2, 0) is 18.4 Å². The molecule has 1 aliphatic heterocycles. The molecular formula is C15H19N9O. The Morgan fingerprint density at radius 3 is 2.92 bits per heavy atom. The molecule has 0 aromatic carbocycles. The zero-order chi connectivity index (χ0) is 17.4. The highest BCUT2D eigenvalue weighted by Gasteiger charge is 2.34. The molecule has 10 heteroatoms. The summed E-state index contributed by atoms with van der Waals surface area (Å²) in [6.07, 6.45) is 5.17. The highest BCUT2D eigenvalue weighted by atomic mass is 16.2. The van der Waals surface area contributed by atoms with Crippen molar-refractivity contribution < 1.29 is 4.79 Å². The Hall–Kier alpha value is -3.04. The average Bonchev–Trinajstić information content (AvgIpc) is 3.13. The molecule has 1 amide bonds. The fourth-order valence-corrected chi connectivity index (χ4v) is 2.97. The van der Waals surface area contributed by atoms with E-state index in [4.69, 9.17) is 0 Å². The Morgan fingerprint density at radius 1 is 1.32 bits per heavy atom. The van der Waals surface area contributed by atoms with Gasteiger partial charge in [0, 0.05) is 45.6 Å². The van der Waals surface area contributed by atoms with E-state index in [-0.39, 0.29) is 11.8 Å². The van der Waals surface area contributed by atoms with Gasteiger partial charge in [-0.2, -0.15) is 0 Å². The fraction of sp³-hybridized carbons (Fsp3) is 0.467. The molecule has 0 radical (unpaired) electrons. The van der Waals surface area contributed by atoms with Gasteiger partial charge in [0.15, 0.2) is 17.0 Å². The number of carbonyl (C=O) groups is 1. The maximum Gasteiger partial charge on any atom is 0.226 e. The van der Waals surface area contributed by atoms with Crippen LogP contribution in [0.2, 0.25) is 0 Å². The maximum atomic E-state index is 12.3. The van der Waals surface area contributed by atoms with Crippen LogP contribution >= 0.6 is 0 Å². The lowest BCUT2D eigenvalue weighted by Crippen LogP contribution is -2.54. The van der Waals surface area contributed by atoms with Gasteiger partial charge in [0.05, 0.1) is 5.92 Å². The van der Waals surface area contributed by atoms with Crippen molar-refractivity contribution in [2.75, 3.05) is 24.5 Å². The van der Waals surface area contributed by atoms with E-state index in [1.54, 1.807) is 17.9 Å². The van der Waals surface area contributed by atoms with Gasteiger partial charge in [-0.1, -0.05) is 5.21 Å². The molecule has 1 saturated heterocycles. The van der Waals surface area contributed by atoms with Crippen molar-refractivity contribution in [2.24, 2.45) is 13.0 Å². The zero-order valence-electron chi connectivity index (χ0n) is 14.1. The molecular weight excluding hydrogens is 322 g/mol. The van der Waals surface area contributed by atoms with Crippen LogP contribution < -0.4 is 10.2 Å². The van der Waals surface area contributed by atoms with Crippen LogP contribution in [0.3, 0.4) is 0 Å². The van der Waals surface area contributed by atoms with E-state index in [0.717, 1.165) is 18.2 Å². The van der Waals surface area contributed by atoms with Gasteiger partial charge in [-0.25, -0.2) is 19.6 Å². The van der Waals surface area contributed by atoms with Crippen molar-refractivity contribution >= 4 is 22.9 Å². The van der Waals surface area contributed by atoms with Crippen molar-refractivity contribution in [3.8, 4) is 0 Å². The molecule has 4 rings (SSSR count). The number of anilines is 1. The molecule has 0 spiro atoms. The number of hydrogen-bond donors (Lipinski definition) is 1. The predicted octanol–water partition coefficient (Wildman–Crippen LogP) is -0.484. The molecule has 0 unspecified atom stereocenters. The van der Waals surface area contributed by atoms with Gasteiger partial charge in [-0.3, -0.25) is 4.79 Å². The van der Waals surface area contributed by atoms with E-state index >= 15 is 0 Å². The van der Waals surface area contributed by atoms with Crippen molar-refractivity contribution in [2.45, 2.75) is 13.5 Å². The largest absolute Gasteiger partial charge is 0.354 e. The van der Waals surface area contributed by atoms with Gasteiger partial charge in [-0.15, -0.1) is 5.10 Å². The third-order valence-electron chi connectivity index (χ3n) is 4.50. The first-order valence-corrected chi connectivity index (χ1v) is 8.14. The number of carbonyl (C=O) groups excluding carboxylic acids is 1. The molecule has 1 fully saturated rings. The third-order valence-corrected chi connectivity index (χ3v) is 4.50. The minimum absolute atomic E-state index is 0.0365. The van der Waals surface area contributed by atoms with Gasteiger partial charge in [-0.05, 0) is 6.92 Å². The van der Waals surface area contributed by atoms with Gasteiger partial charge in [0.2, 0.25) is 5.91 Å². The third kappa shape index (κ3) is 2.79. The smallest absolute Gasteiger partial charge is 0.226 e. The Balaban J connectivity index is 1.32. The molecule has 1 aliphatic rings. The number of hydrogen-bond acceptors (Lipinski definition) is 7. The molecule has 130 valence electrons. The van der Waals surface area contributed by atoms with Crippen molar-refractivity contribution in [3.63, 3.8) is 0 Å². The lowest BCUT2D eigenvalue weighted by molar-refractivity contribution is -0.125. The van der Waals surface area contributed by atoms with E-state index in [1.165, 1.54) is 6.33 Å². The summed E-state index contributed by atoms with van der Waals surface area (Å²) in [6, 6.07) is 0. The van der Waals surface area contributed by atoms with Crippen LogP contribution in [0.4, 0.5) is 5.82 Å². The molecule has 0 saturated carbocycles. The zero-order valence-corrected chi connectivity index (χ0v) is 14.1. The summed E-state index contributed by atoms with van der Waals surface area (Å²) in [7, 11) is 1.79. The van der Waals surface area contributed by atoms with Gasteiger partial charge in [0.25, 0.3) is 0 Å². The maximum absolute atomic E-state index is 12.3. The normalized spacial score (nSPS) is 14.7. The Kier molecular flexibility index (Phi) is 3.79. The summed E-state index contributed by atoms with van der Waals surface area (Å²) in [5, 5.41) is 11.1. The standard InChI is InChI=1S/C15H19N9O/c1-10-16-3-5-23(10)6-4-17-15(25)11-7-24(8-11)14-12-13(18-9-19-14)22(2)21-20-12/h3,5,9,11H,4,6-8H2,1-2H3,(H,17,25). The van der Waals surface area contributed by atoms with Gasteiger partial charge >= 0.3 is 0 Å². The minimum atomic E-state index is -0.0365. The van der Waals surface area contributed by atoms with Crippen molar-refractivity contribution in [3.05, 3.63) is 24.5 Å². The first kappa shape index (κ1) is 15.5. The molecule has 0 atom stereocenters. The number of amides is 1. The van der Waals surface area contributed by atoms with Crippen LogP contribution in [-0.4, -0.2) is 60.1 Å². The van der Waals surface area contributed by atoms with Crippen molar-refractivity contribution in [1.82, 2.24) is 39.8 Å². The van der Waals surface area contributed by atoms with Crippen LogP contribution in [0.1, 0.15) is 5.82 Å². The highest BCUT2D eigenvalue weighted by molar-refractivity contribution is 5.86. The Morgan fingerprint density at radius 2 is 2.16 bits per heavy atom. The number of nitrogens with zero attached hydrogens (tertiary/aromatic N) is 8. The van der Waals surface area contributed by atoms with E-state index in [0.29, 0.717) is 30.8 Å². The molecule has 4 heterocycles. The average molecular weight is 341 g/mol. The minimum Gasteiger partial charge on any atom is -0.354 e. The summed E-state index contributed by atoms with van der Waals surface area (Å²) in [5.41, 5.74) is 1.35. The quantitative estimate of drug-likeness (QED) is 0.668. The van der Waals surface area contributed by atoms with Gasteiger partial charge in [0.1, 0.15) is 12.2 Å². The lowest BCUT2D eigenvalue weighted by atomic mass is 9.99. The van der Waals surface area contributed by atoms with E-state index < -0.39 is 0 Å². The van der Waals surface area contributed by atoms with Crippen LogP contribution in [0, 0.1) is 12.8 Å². The second kappa shape index (κ2) is 6.11. The molecule has 3 aromatic rings. The first-order valence-electron chi connectivity index (χ1n) is 8.14. The number of aromatic nitrogens is 7. The summed E-state index contributed by atoms with van der Waals surface area (Å²) < 4.78 is 3.63. The van der Waals surface area contributed by atoms with Crippen LogP contribution in [0.25, 0.3) is 11.2 Å². The summed E-state index contributed by atoms with van der Waals surface area (Å²) in [5.74, 6) is 1.71. The number of fused-ring (bicyclic) bond motifs is 1. The van der Waals surface area contributed by atoms with Gasteiger partial charge < -0.3 is 14.8 Å². The fourth-order valence-electron chi connectivity index (χ4n) is 2.97. The SMILES string of the molecule is Cc1nccn1CCNC(=O)C1CN(c2ncnc3c2nnn3C)C1. The van der Waals surface area contributed by atoms with E-state index in [1.807, 2.05) is 22.6 Å². The van der Waals surface area contributed by atoms with Crippen LogP contribution in [0.5, 0.6) is 0 Å². The number of imidazole rings is 1. The number of rotatable bonds is 5. The van der Waals surface area contributed by atoms with Crippen LogP contribution in [0.15, 0.2) is 18.7 Å². The monoisotopic (exact) mass is 341 g/mol. The molecule has 10 nitrogen and oxygen atoms in total. The molecule has 0 aliphatic carbocycles. The Bertz CT molecular complexity index is 909. The summed E-state index contributed by atoms with van der Waals surface area (Å²) in [6.45, 7) is 4.51. The molecule has 1 N–H and O–H groups in total. The highest BCUT2D eigenvalue weighted by Crippen LogP contribution is 2.27. The first-order chi connectivity index (χ1) is 12.1. The molecule has 0 bridgehead atoms. The van der Waals surface area contributed by atoms with E-state index in [9.17, 15) is 4.79 Å². The predicted molar refractivity (Wildman–Crippen MR) is 89.8 cm³/mol. The summed E-state index contributed by atoms with van der Waals surface area (Å²) in [4.78, 5) is 26.9. The Labute approximate surface area is 143 Å². The van der Waals surface area contributed by atoms with E-state index in [2.05, 4.69) is 30.6 Å². The number of nitrogens with one attached hydrogen (secondary N) is 1. The lowest BCUT2D eigenvalue weighted by Gasteiger charge is -2.38. The second-order valence-electron chi connectivity index (χ2n) is 6.14. The second-order valence-corrected chi connectivity index (χ2v) is 6.14. The van der Waals surface area contributed by atoms with Crippen molar-refractivity contribution in [1.29, 1.82) is 0 Å². The molecule has 3 aromatic heterocycles. The number of aryl methyl sites for hydroxylation is 2.